The summed E-state index contributed by atoms with van der Waals surface area (Å²) in [5, 5.41) is 27.0. The molecule has 1 aliphatic rings. The van der Waals surface area contributed by atoms with E-state index in [1.54, 1.807) is 0 Å². The van der Waals surface area contributed by atoms with Crippen LogP contribution in [0.3, 0.4) is 0 Å². The normalized spacial score (nSPS) is 12.8. The molecule has 15 rings (SSSR count). The van der Waals surface area contributed by atoms with Crippen LogP contribution in [-0.2, 0) is 0 Å². The molecule has 0 nitrogen and oxygen atoms in total. The van der Waals surface area contributed by atoms with Crippen LogP contribution < -0.4 is 0 Å². The lowest BCUT2D eigenvalue weighted by atomic mass is 9.84. The summed E-state index contributed by atoms with van der Waals surface area (Å²) in [5.74, 6) is 0. The molecule has 0 amide bonds. The van der Waals surface area contributed by atoms with E-state index >= 15 is 0 Å². The maximum absolute atomic E-state index is 2.54. The zero-order valence-electron chi connectivity index (χ0n) is 32.2. The third-order valence-corrected chi connectivity index (χ3v) is 14.3. The summed E-state index contributed by atoms with van der Waals surface area (Å²) in [4.78, 5) is 0. The van der Waals surface area contributed by atoms with Crippen molar-refractivity contribution in [1.29, 1.82) is 0 Å². The maximum Gasteiger partial charge on any atom is -0.000718 e. The summed E-state index contributed by atoms with van der Waals surface area (Å²) < 4.78 is 0. The standard InChI is InChI=1S/C59H32/c1-31-29-46-42-26-28-45-55-44(27-25-40(53(42)55)41-24-23-39-36-19-10-11-20-37(36)49(31)57(39)54(41)46)58-50(32-13-4-2-5-14-32)48-30-47-35-18-9-8-17-34(35)38-21-12-22-43(52(38)47)56(48)51(59(45)58)33-15-6-3-7-16-33/h2-30H,1H3. The number of hydrogen-bond donors (Lipinski definition) is 0. The van der Waals surface area contributed by atoms with E-state index in [1.807, 2.05) is 0 Å². The van der Waals surface area contributed by atoms with Gasteiger partial charge in [-0.2, -0.15) is 0 Å². The van der Waals surface area contributed by atoms with Gasteiger partial charge in [0.1, 0.15) is 0 Å². The number of fused-ring (bicyclic) bond motifs is 13. The third-order valence-electron chi connectivity index (χ3n) is 14.3. The van der Waals surface area contributed by atoms with Gasteiger partial charge in [-0.1, -0.05) is 170 Å². The fraction of sp³-hybridized carbons (Fsp3) is 0.0169. The van der Waals surface area contributed by atoms with Crippen LogP contribution >= 0.6 is 0 Å². The second kappa shape index (κ2) is 10.5. The van der Waals surface area contributed by atoms with E-state index in [2.05, 4.69) is 183 Å². The average Bonchev–Trinajstić information content (AvgIpc) is 3.93. The SMILES string of the molecule is Cc1cc2c3ccc4c5c(-c6ccccc6)c6c(cc7c8ccccc8c8cccc6c87)c(-c6ccccc6)c5c5ccc(c6ccc7c(c1-c1ccccc1-7)c62)c3c54. The molecule has 14 aromatic carbocycles. The highest BCUT2D eigenvalue weighted by atomic mass is 14.3. The van der Waals surface area contributed by atoms with Gasteiger partial charge in [0.15, 0.2) is 0 Å². The van der Waals surface area contributed by atoms with Crippen LogP contribution in [0.15, 0.2) is 176 Å². The van der Waals surface area contributed by atoms with E-state index in [0.717, 1.165) is 0 Å². The zero-order valence-corrected chi connectivity index (χ0v) is 32.2. The van der Waals surface area contributed by atoms with E-state index in [9.17, 15) is 0 Å². The smallest absolute Gasteiger partial charge is 0.000718 e. The van der Waals surface area contributed by atoms with Gasteiger partial charge in [0.25, 0.3) is 0 Å². The zero-order chi connectivity index (χ0) is 38.2. The predicted molar refractivity (Wildman–Crippen MR) is 255 cm³/mol. The first-order valence-corrected chi connectivity index (χ1v) is 20.9. The van der Waals surface area contributed by atoms with Gasteiger partial charge in [-0.25, -0.2) is 0 Å². The third kappa shape index (κ3) is 3.52. The Kier molecular flexibility index (Phi) is 5.44. The molecule has 0 heterocycles. The fourth-order valence-corrected chi connectivity index (χ4v) is 12.2. The summed E-state index contributed by atoms with van der Waals surface area (Å²) in [6.07, 6.45) is 0. The highest BCUT2D eigenvalue weighted by molar-refractivity contribution is 6.49. The number of aryl methyl sites for hydroxylation is 1. The maximum atomic E-state index is 2.54. The second-order valence-corrected chi connectivity index (χ2v) is 17.0. The van der Waals surface area contributed by atoms with Gasteiger partial charge in [-0.05, 0) is 171 Å². The Balaban J connectivity index is 1.22. The quantitative estimate of drug-likeness (QED) is 0.122. The summed E-state index contributed by atoms with van der Waals surface area (Å²) in [6, 6.07) is 67.0. The van der Waals surface area contributed by atoms with Crippen LogP contribution in [0.25, 0.3) is 152 Å². The Morgan fingerprint density at radius 1 is 0.220 bits per heavy atom. The van der Waals surface area contributed by atoms with Crippen LogP contribution in [0, 0.1) is 6.92 Å². The summed E-state index contributed by atoms with van der Waals surface area (Å²) in [6.45, 7) is 2.32. The lowest BCUT2D eigenvalue weighted by Crippen LogP contribution is -1.91. The molecule has 0 aliphatic heterocycles. The molecule has 0 aromatic heterocycles. The predicted octanol–water partition coefficient (Wildman–Crippen LogP) is 16.8. The van der Waals surface area contributed by atoms with Gasteiger partial charge >= 0.3 is 0 Å². The van der Waals surface area contributed by atoms with Gasteiger partial charge in [-0.15, -0.1) is 0 Å². The molecule has 0 saturated carbocycles. The van der Waals surface area contributed by atoms with Crippen molar-refractivity contribution in [3.8, 4) is 44.5 Å². The van der Waals surface area contributed by atoms with E-state index in [4.69, 9.17) is 0 Å². The lowest BCUT2D eigenvalue weighted by molar-refractivity contribution is 1.52. The van der Waals surface area contributed by atoms with Crippen molar-refractivity contribution in [3.63, 3.8) is 0 Å². The van der Waals surface area contributed by atoms with E-state index < -0.39 is 0 Å². The first kappa shape index (κ1) is 30.6. The molecule has 0 fully saturated rings. The average molecular weight is 741 g/mol. The Morgan fingerprint density at radius 2 is 0.695 bits per heavy atom. The molecule has 0 spiro atoms. The van der Waals surface area contributed by atoms with Crippen molar-refractivity contribution >= 4 is 108 Å². The largest absolute Gasteiger partial charge is 0.0622 e. The highest BCUT2D eigenvalue weighted by Gasteiger charge is 2.30. The molecule has 1 aliphatic carbocycles. The minimum absolute atomic E-state index is 1.25. The molecule has 0 bridgehead atoms. The summed E-state index contributed by atoms with van der Waals surface area (Å²) in [5.41, 5.74) is 12.0. The molecule has 59 heavy (non-hydrogen) atoms. The van der Waals surface area contributed by atoms with E-state index in [0.29, 0.717) is 0 Å². The van der Waals surface area contributed by atoms with Crippen molar-refractivity contribution in [1.82, 2.24) is 0 Å². The molecule has 0 saturated heterocycles. The van der Waals surface area contributed by atoms with Crippen molar-refractivity contribution in [2.24, 2.45) is 0 Å². The van der Waals surface area contributed by atoms with Crippen LogP contribution in [0.4, 0.5) is 0 Å². The first-order valence-electron chi connectivity index (χ1n) is 20.9. The summed E-state index contributed by atoms with van der Waals surface area (Å²) in [7, 11) is 0. The molecular weight excluding hydrogens is 709 g/mol. The van der Waals surface area contributed by atoms with Gasteiger partial charge < -0.3 is 0 Å². The van der Waals surface area contributed by atoms with E-state index in [1.165, 1.54) is 158 Å². The second-order valence-electron chi connectivity index (χ2n) is 17.0. The van der Waals surface area contributed by atoms with Crippen molar-refractivity contribution < 1.29 is 0 Å². The van der Waals surface area contributed by atoms with Gasteiger partial charge in [0, 0.05) is 0 Å². The van der Waals surface area contributed by atoms with Crippen LogP contribution in [0.2, 0.25) is 0 Å². The monoisotopic (exact) mass is 740 g/mol. The lowest BCUT2D eigenvalue weighted by Gasteiger charge is -2.19. The molecule has 0 radical (unpaired) electrons. The van der Waals surface area contributed by atoms with Gasteiger partial charge in [-0.3, -0.25) is 0 Å². The number of benzene rings is 12. The Labute approximate surface area is 339 Å². The Bertz CT molecular complexity index is 4150. The van der Waals surface area contributed by atoms with Crippen LogP contribution in [0.5, 0.6) is 0 Å². The number of rotatable bonds is 2. The molecule has 0 N–H and O–H groups in total. The number of hydrogen-bond acceptors (Lipinski definition) is 0. The van der Waals surface area contributed by atoms with Crippen molar-refractivity contribution in [3.05, 3.63) is 181 Å². The van der Waals surface area contributed by atoms with Gasteiger partial charge in [0.05, 0.1) is 0 Å². The molecule has 0 atom stereocenters. The molecule has 268 valence electrons. The van der Waals surface area contributed by atoms with Gasteiger partial charge in [0.2, 0.25) is 0 Å². The Morgan fingerprint density at radius 3 is 1.44 bits per heavy atom. The highest BCUT2D eigenvalue weighted by Crippen LogP contribution is 2.58. The molecular formula is C59H32. The Hall–Kier alpha value is -7.54. The van der Waals surface area contributed by atoms with Crippen LogP contribution in [0.1, 0.15) is 5.56 Å². The minimum Gasteiger partial charge on any atom is -0.0622 e. The molecule has 14 aromatic rings. The minimum atomic E-state index is 1.25. The van der Waals surface area contributed by atoms with Crippen molar-refractivity contribution in [2.45, 2.75) is 6.92 Å². The molecule has 0 heteroatoms. The van der Waals surface area contributed by atoms with E-state index in [-0.39, 0.29) is 0 Å². The van der Waals surface area contributed by atoms with Crippen molar-refractivity contribution in [2.75, 3.05) is 0 Å². The molecule has 0 unspecified atom stereocenters. The summed E-state index contributed by atoms with van der Waals surface area (Å²) >= 11 is 0. The first-order chi connectivity index (χ1) is 29.2. The fourth-order valence-electron chi connectivity index (χ4n) is 12.2. The van der Waals surface area contributed by atoms with Crippen LogP contribution in [-0.4, -0.2) is 0 Å². The topological polar surface area (TPSA) is 0 Å².